The third kappa shape index (κ3) is 3.05. The van der Waals surface area contributed by atoms with Crippen LogP contribution in [0.3, 0.4) is 0 Å². The molecule has 1 aliphatic rings. The summed E-state index contributed by atoms with van der Waals surface area (Å²) in [4.78, 5) is 22.6. The first-order chi connectivity index (χ1) is 8.21. The van der Waals surface area contributed by atoms with Gasteiger partial charge >= 0.3 is 11.9 Å². The second-order valence-electron chi connectivity index (χ2n) is 5.30. The van der Waals surface area contributed by atoms with Gasteiger partial charge in [-0.3, -0.25) is 4.79 Å². The van der Waals surface area contributed by atoms with Gasteiger partial charge in [0.1, 0.15) is 5.03 Å². The maximum absolute atomic E-state index is 11.6. The van der Waals surface area contributed by atoms with Gasteiger partial charge in [0.25, 0.3) is 0 Å². The van der Waals surface area contributed by atoms with Gasteiger partial charge in [-0.1, -0.05) is 38.4 Å². The van der Waals surface area contributed by atoms with Crippen LogP contribution in [0.15, 0.2) is 11.1 Å². The van der Waals surface area contributed by atoms with Crippen LogP contribution in [-0.2, 0) is 14.3 Å². The molecule has 0 aromatic carbocycles. The zero-order valence-electron chi connectivity index (χ0n) is 11.1. The normalized spacial score (nSPS) is 27.5. The quantitative estimate of drug-likeness (QED) is 0.618. The maximum Gasteiger partial charge on any atom is 0.349 e. The number of carboxylic acid groups (broad SMARTS) is 1. The van der Waals surface area contributed by atoms with E-state index in [2.05, 4.69) is 0 Å². The highest BCUT2D eigenvalue weighted by Gasteiger charge is 2.61. The molecule has 1 saturated carbocycles. The summed E-state index contributed by atoms with van der Waals surface area (Å²) in [6, 6.07) is 0. The van der Waals surface area contributed by atoms with E-state index in [4.69, 9.17) is 21.4 Å². The van der Waals surface area contributed by atoms with Crippen LogP contribution in [0.4, 0.5) is 0 Å². The van der Waals surface area contributed by atoms with Crippen molar-refractivity contribution >= 4 is 23.5 Å². The molecule has 0 amide bonds. The SMILES string of the molecule is CCC(C)OC(=O)C(Cl)=C[C@H]1[C@@H](C(=O)O)C1(C)C. The highest BCUT2D eigenvalue weighted by atomic mass is 35.5. The number of carboxylic acids is 1. The molecule has 1 rings (SSSR count). The predicted molar refractivity (Wildman–Crippen MR) is 68.2 cm³/mol. The van der Waals surface area contributed by atoms with Gasteiger partial charge in [0, 0.05) is 0 Å². The Morgan fingerprint density at radius 3 is 2.44 bits per heavy atom. The summed E-state index contributed by atoms with van der Waals surface area (Å²) in [5, 5.41) is 8.98. The van der Waals surface area contributed by atoms with Crippen molar-refractivity contribution in [2.75, 3.05) is 0 Å². The molecule has 102 valence electrons. The molecule has 1 N–H and O–H groups in total. The first-order valence-corrected chi connectivity index (χ1v) is 6.40. The summed E-state index contributed by atoms with van der Waals surface area (Å²) in [5.74, 6) is -2.14. The van der Waals surface area contributed by atoms with Gasteiger partial charge in [0.2, 0.25) is 0 Å². The van der Waals surface area contributed by atoms with Crippen molar-refractivity contribution in [2.24, 2.45) is 17.3 Å². The molecular formula is C13H19ClO4. The van der Waals surface area contributed by atoms with Gasteiger partial charge in [-0.05, 0) is 24.7 Å². The van der Waals surface area contributed by atoms with Crippen LogP contribution in [0.5, 0.6) is 0 Å². The monoisotopic (exact) mass is 274 g/mol. The minimum absolute atomic E-state index is 0.0304. The van der Waals surface area contributed by atoms with Gasteiger partial charge in [-0.15, -0.1) is 0 Å². The molecule has 0 saturated heterocycles. The van der Waals surface area contributed by atoms with E-state index < -0.39 is 17.9 Å². The maximum atomic E-state index is 11.6. The van der Waals surface area contributed by atoms with E-state index in [0.29, 0.717) is 6.42 Å². The van der Waals surface area contributed by atoms with E-state index in [1.165, 1.54) is 6.08 Å². The highest BCUT2D eigenvalue weighted by Crippen LogP contribution is 2.59. The molecule has 4 nitrogen and oxygen atoms in total. The Balaban J connectivity index is 2.68. The van der Waals surface area contributed by atoms with Crippen molar-refractivity contribution in [1.29, 1.82) is 0 Å². The average molecular weight is 275 g/mol. The summed E-state index contributed by atoms with van der Waals surface area (Å²) >= 11 is 5.86. The second kappa shape index (κ2) is 5.31. The Morgan fingerprint density at radius 1 is 1.50 bits per heavy atom. The van der Waals surface area contributed by atoms with Crippen LogP contribution >= 0.6 is 11.6 Å². The number of carbonyl (C=O) groups excluding carboxylic acids is 1. The molecule has 1 aliphatic carbocycles. The molecule has 5 heteroatoms. The number of halogens is 1. The molecular weight excluding hydrogens is 256 g/mol. The smallest absolute Gasteiger partial charge is 0.349 e. The molecule has 3 atom stereocenters. The molecule has 0 spiro atoms. The largest absolute Gasteiger partial charge is 0.481 e. The average Bonchev–Trinajstić information content (AvgIpc) is 2.80. The molecule has 0 aromatic rings. The lowest BCUT2D eigenvalue weighted by Crippen LogP contribution is -2.14. The molecule has 0 heterocycles. The Hall–Kier alpha value is -1.03. The van der Waals surface area contributed by atoms with E-state index in [-0.39, 0.29) is 22.5 Å². The van der Waals surface area contributed by atoms with E-state index in [1.807, 2.05) is 20.8 Å². The van der Waals surface area contributed by atoms with Crippen molar-refractivity contribution in [2.45, 2.75) is 40.2 Å². The minimum atomic E-state index is -0.860. The summed E-state index contributed by atoms with van der Waals surface area (Å²) in [6.07, 6.45) is 2.02. The van der Waals surface area contributed by atoms with E-state index in [9.17, 15) is 9.59 Å². The van der Waals surface area contributed by atoms with Crippen molar-refractivity contribution in [3.05, 3.63) is 11.1 Å². The zero-order chi connectivity index (χ0) is 14.1. The molecule has 0 aromatic heterocycles. The van der Waals surface area contributed by atoms with Crippen LogP contribution in [0, 0.1) is 17.3 Å². The van der Waals surface area contributed by atoms with Gasteiger partial charge < -0.3 is 9.84 Å². The van der Waals surface area contributed by atoms with Crippen LogP contribution < -0.4 is 0 Å². The number of allylic oxidation sites excluding steroid dienone is 1. The summed E-state index contributed by atoms with van der Waals surface area (Å²) in [5.41, 5.74) is -0.359. The van der Waals surface area contributed by atoms with Crippen molar-refractivity contribution < 1.29 is 19.4 Å². The number of ether oxygens (including phenoxy) is 1. The van der Waals surface area contributed by atoms with E-state index in [0.717, 1.165) is 0 Å². The predicted octanol–water partition coefficient (Wildman–Crippen LogP) is 2.81. The van der Waals surface area contributed by atoms with Crippen molar-refractivity contribution in [3.63, 3.8) is 0 Å². The zero-order valence-corrected chi connectivity index (χ0v) is 11.8. The first kappa shape index (κ1) is 15.0. The number of hydrogen-bond acceptors (Lipinski definition) is 3. The Bertz CT molecular complexity index is 386. The molecule has 0 radical (unpaired) electrons. The van der Waals surface area contributed by atoms with Crippen molar-refractivity contribution in [1.82, 2.24) is 0 Å². The van der Waals surface area contributed by atoms with Crippen LogP contribution in [0.25, 0.3) is 0 Å². The lowest BCUT2D eigenvalue weighted by molar-refractivity contribution is -0.143. The minimum Gasteiger partial charge on any atom is -0.481 e. The van der Waals surface area contributed by atoms with Gasteiger partial charge in [0.15, 0.2) is 0 Å². The Kier molecular flexibility index (Phi) is 4.43. The lowest BCUT2D eigenvalue weighted by atomic mass is 10.1. The van der Waals surface area contributed by atoms with Gasteiger partial charge in [-0.2, -0.15) is 0 Å². The first-order valence-electron chi connectivity index (χ1n) is 6.02. The standard InChI is InChI=1S/C13H19ClO4/c1-5-7(2)18-12(17)9(14)6-8-10(11(15)16)13(8,3)4/h6-8,10H,5H2,1-4H3,(H,15,16)/t7?,8-,10-/m0/s1. The number of rotatable bonds is 5. The van der Waals surface area contributed by atoms with E-state index in [1.54, 1.807) is 6.92 Å². The number of aliphatic carboxylic acids is 1. The molecule has 0 bridgehead atoms. The fourth-order valence-corrected chi connectivity index (χ4v) is 2.19. The summed E-state index contributed by atoms with van der Waals surface area (Å²) in [6.45, 7) is 7.37. The highest BCUT2D eigenvalue weighted by molar-refractivity contribution is 6.41. The Labute approximate surface area is 112 Å². The summed E-state index contributed by atoms with van der Waals surface area (Å²) in [7, 11) is 0. The van der Waals surface area contributed by atoms with Gasteiger partial charge in [-0.25, -0.2) is 4.79 Å². The van der Waals surface area contributed by atoms with Crippen molar-refractivity contribution in [3.8, 4) is 0 Å². The summed E-state index contributed by atoms with van der Waals surface area (Å²) < 4.78 is 5.07. The third-order valence-corrected chi connectivity index (χ3v) is 3.86. The number of esters is 1. The number of carbonyl (C=O) groups is 2. The number of hydrogen-bond donors (Lipinski definition) is 1. The third-order valence-electron chi connectivity index (χ3n) is 3.58. The molecule has 1 fully saturated rings. The molecule has 18 heavy (non-hydrogen) atoms. The second-order valence-corrected chi connectivity index (χ2v) is 5.71. The fourth-order valence-electron chi connectivity index (χ4n) is 2.01. The molecule has 1 unspecified atom stereocenters. The Morgan fingerprint density at radius 2 is 2.06 bits per heavy atom. The topological polar surface area (TPSA) is 63.6 Å². The van der Waals surface area contributed by atoms with E-state index >= 15 is 0 Å². The van der Waals surface area contributed by atoms with Crippen LogP contribution in [0.2, 0.25) is 0 Å². The lowest BCUT2D eigenvalue weighted by Gasteiger charge is -2.09. The van der Waals surface area contributed by atoms with Gasteiger partial charge in [0.05, 0.1) is 12.0 Å². The van der Waals surface area contributed by atoms with Crippen LogP contribution in [-0.4, -0.2) is 23.1 Å². The van der Waals surface area contributed by atoms with Crippen LogP contribution in [0.1, 0.15) is 34.1 Å². The molecule has 0 aliphatic heterocycles. The fraction of sp³-hybridized carbons (Fsp3) is 0.692.